The first kappa shape index (κ1) is 10.1. The molecule has 13 heavy (non-hydrogen) atoms. The maximum Gasteiger partial charge on any atom is 0.00813 e. The fourth-order valence-corrected chi connectivity index (χ4v) is 1.54. The Morgan fingerprint density at radius 2 is 2.00 bits per heavy atom. The molecule has 0 aliphatic heterocycles. The van der Waals surface area contributed by atoms with E-state index in [-0.39, 0.29) is 0 Å². The Morgan fingerprint density at radius 3 is 2.38 bits per heavy atom. The van der Waals surface area contributed by atoms with Gasteiger partial charge in [-0.3, -0.25) is 0 Å². The van der Waals surface area contributed by atoms with Crippen molar-refractivity contribution in [2.75, 3.05) is 0 Å². The van der Waals surface area contributed by atoms with E-state index in [4.69, 9.17) is 5.73 Å². The van der Waals surface area contributed by atoms with E-state index in [1.54, 1.807) is 5.57 Å². The van der Waals surface area contributed by atoms with E-state index in [1.807, 2.05) is 6.92 Å². The summed E-state index contributed by atoms with van der Waals surface area (Å²) in [6.07, 6.45) is 7.99. The zero-order valence-electron chi connectivity index (χ0n) is 8.85. The van der Waals surface area contributed by atoms with Crippen molar-refractivity contribution in [3.8, 4) is 0 Å². The Kier molecular flexibility index (Phi) is 3.35. The van der Waals surface area contributed by atoms with Crippen molar-refractivity contribution in [3.63, 3.8) is 0 Å². The van der Waals surface area contributed by atoms with Gasteiger partial charge in [0, 0.05) is 5.70 Å². The Balaban J connectivity index is 2.82. The van der Waals surface area contributed by atoms with Crippen LogP contribution in [0.5, 0.6) is 0 Å². The summed E-state index contributed by atoms with van der Waals surface area (Å²) in [5.41, 5.74) is 10.9. The third-order valence-corrected chi connectivity index (χ3v) is 2.76. The van der Waals surface area contributed by atoms with Crippen molar-refractivity contribution in [1.82, 2.24) is 0 Å². The number of rotatable bonds is 2. The second-order valence-electron chi connectivity index (χ2n) is 3.68. The molecule has 0 amide bonds. The molecule has 1 nitrogen and oxygen atoms in total. The van der Waals surface area contributed by atoms with Gasteiger partial charge in [-0.1, -0.05) is 24.6 Å². The van der Waals surface area contributed by atoms with Crippen LogP contribution in [-0.2, 0) is 0 Å². The van der Waals surface area contributed by atoms with Crippen LogP contribution in [0.4, 0.5) is 0 Å². The number of hydrogen-bond acceptors (Lipinski definition) is 1. The zero-order valence-corrected chi connectivity index (χ0v) is 8.85. The predicted octanol–water partition coefficient (Wildman–Crippen LogP) is 3.30. The van der Waals surface area contributed by atoms with Crippen molar-refractivity contribution in [3.05, 3.63) is 34.6 Å². The van der Waals surface area contributed by atoms with Gasteiger partial charge in [0.05, 0.1) is 0 Å². The second kappa shape index (κ2) is 4.31. The summed E-state index contributed by atoms with van der Waals surface area (Å²) in [5, 5.41) is 0. The van der Waals surface area contributed by atoms with Crippen molar-refractivity contribution in [2.24, 2.45) is 5.73 Å². The Bertz CT molecular complexity index is 275. The highest BCUT2D eigenvalue weighted by Gasteiger charge is 2.07. The normalized spacial score (nSPS) is 19.0. The molecule has 1 aliphatic carbocycles. The Hall–Kier alpha value is -0.980. The number of hydrogen-bond donors (Lipinski definition) is 1. The smallest absolute Gasteiger partial charge is 0.00813 e. The standard InChI is InChI=1S/C12H19N/c1-4-11-5-7-12(8-6-11)9(2)10(3)13/h5,7H,4,6,8,13H2,1-3H3/b10-9+. The van der Waals surface area contributed by atoms with Gasteiger partial charge in [0.25, 0.3) is 0 Å². The predicted molar refractivity (Wildman–Crippen MR) is 58.3 cm³/mol. The van der Waals surface area contributed by atoms with E-state index in [1.165, 1.54) is 24.0 Å². The minimum absolute atomic E-state index is 0.944. The highest BCUT2D eigenvalue weighted by Crippen LogP contribution is 2.25. The van der Waals surface area contributed by atoms with Crippen LogP contribution < -0.4 is 5.73 Å². The van der Waals surface area contributed by atoms with E-state index >= 15 is 0 Å². The lowest BCUT2D eigenvalue weighted by Crippen LogP contribution is -2.01. The second-order valence-corrected chi connectivity index (χ2v) is 3.68. The third-order valence-electron chi connectivity index (χ3n) is 2.76. The van der Waals surface area contributed by atoms with E-state index in [0.29, 0.717) is 0 Å². The van der Waals surface area contributed by atoms with Gasteiger partial charge in [0.15, 0.2) is 0 Å². The van der Waals surface area contributed by atoms with Gasteiger partial charge >= 0.3 is 0 Å². The van der Waals surface area contributed by atoms with E-state index in [9.17, 15) is 0 Å². The minimum Gasteiger partial charge on any atom is -0.402 e. The fraction of sp³-hybridized carbons (Fsp3) is 0.500. The Labute approximate surface area is 81.0 Å². The lowest BCUT2D eigenvalue weighted by molar-refractivity contribution is 0.858. The van der Waals surface area contributed by atoms with Gasteiger partial charge in [-0.15, -0.1) is 0 Å². The van der Waals surface area contributed by atoms with Gasteiger partial charge in [-0.05, 0) is 44.3 Å². The highest BCUT2D eigenvalue weighted by atomic mass is 14.6. The van der Waals surface area contributed by atoms with Crippen LogP contribution in [0.15, 0.2) is 34.6 Å². The molecule has 0 aromatic carbocycles. The molecule has 1 aliphatic rings. The first-order valence-corrected chi connectivity index (χ1v) is 4.97. The number of nitrogens with two attached hydrogens (primary N) is 1. The zero-order chi connectivity index (χ0) is 9.84. The fourth-order valence-electron chi connectivity index (χ4n) is 1.54. The molecular formula is C12H19N. The first-order chi connectivity index (χ1) is 6.15. The van der Waals surface area contributed by atoms with Gasteiger partial charge in [-0.25, -0.2) is 0 Å². The van der Waals surface area contributed by atoms with Crippen molar-refractivity contribution >= 4 is 0 Å². The topological polar surface area (TPSA) is 26.0 Å². The first-order valence-electron chi connectivity index (χ1n) is 4.97. The van der Waals surface area contributed by atoms with Crippen LogP contribution >= 0.6 is 0 Å². The summed E-state index contributed by atoms with van der Waals surface area (Å²) >= 11 is 0. The van der Waals surface area contributed by atoms with Gasteiger partial charge in [0.2, 0.25) is 0 Å². The molecule has 0 radical (unpaired) electrons. The van der Waals surface area contributed by atoms with Gasteiger partial charge in [-0.2, -0.15) is 0 Å². The van der Waals surface area contributed by atoms with E-state index in [0.717, 1.165) is 12.1 Å². The average molecular weight is 177 g/mol. The molecule has 72 valence electrons. The molecular weight excluding hydrogens is 158 g/mol. The molecule has 0 spiro atoms. The average Bonchev–Trinajstić information content (AvgIpc) is 2.17. The minimum atomic E-state index is 0.944. The molecule has 0 aromatic heterocycles. The van der Waals surface area contributed by atoms with E-state index in [2.05, 4.69) is 26.0 Å². The lowest BCUT2D eigenvalue weighted by atomic mass is 9.92. The molecule has 0 saturated heterocycles. The largest absolute Gasteiger partial charge is 0.402 e. The number of allylic oxidation sites excluding steroid dienone is 6. The summed E-state index contributed by atoms with van der Waals surface area (Å²) in [6.45, 7) is 6.28. The molecule has 0 atom stereocenters. The molecule has 2 N–H and O–H groups in total. The maximum absolute atomic E-state index is 5.75. The quantitative estimate of drug-likeness (QED) is 0.688. The van der Waals surface area contributed by atoms with Crippen molar-refractivity contribution in [2.45, 2.75) is 40.0 Å². The van der Waals surface area contributed by atoms with Gasteiger partial charge < -0.3 is 5.73 Å². The molecule has 0 fully saturated rings. The monoisotopic (exact) mass is 177 g/mol. The summed E-state index contributed by atoms with van der Waals surface area (Å²) in [4.78, 5) is 0. The molecule has 0 saturated carbocycles. The molecule has 1 rings (SSSR count). The summed E-state index contributed by atoms with van der Waals surface area (Å²) in [6, 6.07) is 0. The Morgan fingerprint density at radius 1 is 1.31 bits per heavy atom. The molecule has 0 unspecified atom stereocenters. The van der Waals surface area contributed by atoms with Crippen LogP contribution in [0, 0.1) is 0 Å². The van der Waals surface area contributed by atoms with Crippen LogP contribution in [-0.4, -0.2) is 0 Å². The van der Waals surface area contributed by atoms with Crippen LogP contribution in [0.2, 0.25) is 0 Å². The summed E-state index contributed by atoms with van der Waals surface area (Å²) < 4.78 is 0. The SMILES string of the molecule is CCC1=CC=C(/C(C)=C(\C)N)CC1. The van der Waals surface area contributed by atoms with Crippen LogP contribution in [0.1, 0.15) is 40.0 Å². The van der Waals surface area contributed by atoms with Crippen molar-refractivity contribution < 1.29 is 0 Å². The maximum atomic E-state index is 5.75. The van der Waals surface area contributed by atoms with Gasteiger partial charge in [0.1, 0.15) is 0 Å². The molecule has 0 bridgehead atoms. The molecule has 0 heterocycles. The summed E-state index contributed by atoms with van der Waals surface area (Å²) in [5.74, 6) is 0. The van der Waals surface area contributed by atoms with Crippen LogP contribution in [0.3, 0.4) is 0 Å². The third kappa shape index (κ3) is 2.48. The van der Waals surface area contributed by atoms with Crippen molar-refractivity contribution in [1.29, 1.82) is 0 Å². The molecule has 0 aromatic rings. The van der Waals surface area contributed by atoms with Crippen LogP contribution in [0.25, 0.3) is 0 Å². The molecule has 1 heteroatoms. The van der Waals surface area contributed by atoms with E-state index < -0.39 is 0 Å². The summed E-state index contributed by atoms with van der Waals surface area (Å²) in [7, 11) is 0. The lowest BCUT2D eigenvalue weighted by Gasteiger charge is -2.15. The highest BCUT2D eigenvalue weighted by molar-refractivity contribution is 5.38.